The molecule has 0 radical (unpaired) electrons. The van der Waals surface area contributed by atoms with Crippen LogP contribution in [0.15, 0.2) is 30.5 Å². The highest BCUT2D eigenvalue weighted by Gasteiger charge is 2.12. The first-order valence-corrected chi connectivity index (χ1v) is 5.16. The van der Waals surface area contributed by atoms with Crippen LogP contribution in [0.5, 0.6) is 0 Å². The number of aromatic nitrogens is 1. The van der Waals surface area contributed by atoms with Crippen molar-refractivity contribution in [1.82, 2.24) is 4.98 Å². The molecular weight excluding hydrogens is 208 g/mol. The average molecular weight is 220 g/mol. The third-order valence-corrected chi connectivity index (χ3v) is 2.76. The second-order valence-corrected chi connectivity index (χ2v) is 3.95. The van der Waals surface area contributed by atoms with Crippen LogP contribution in [0.4, 0.5) is 0 Å². The lowest BCUT2D eigenvalue weighted by Crippen LogP contribution is -2.29. The minimum absolute atomic E-state index is 0.278. The van der Waals surface area contributed by atoms with Gasteiger partial charge in [-0.2, -0.15) is 0 Å². The Hall–Kier alpha value is -1.26. The van der Waals surface area contributed by atoms with E-state index in [0.29, 0.717) is 6.42 Å². The third-order valence-electron chi connectivity index (χ3n) is 2.43. The van der Waals surface area contributed by atoms with Crippen molar-refractivity contribution in [2.75, 3.05) is 0 Å². The van der Waals surface area contributed by atoms with Crippen molar-refractivity contribution in [1.29, 1.82) is 0 Å². The van der Waals surface area contributed by atoms with Gasteiger partial charge in [0.25, 0.3) is 0 Å². The number of benzene rings is 1. The molecular formula is C11H12N2OS. The van der Waals surface area contributed by atoms with Crippen LogP contribution in [0.3, 0.4) is 0 Å². The first kappa shape index (κ1) is 10.3. The van der Waals surface area contributed by atoms with E-state index in [1.54, 1.807) is 0 Å². The number of nitrogens with one attached hydrogen (secondary N) is 1. The number of para-hydroxylation sites is 1. The van der Waals surface area contributed by atoms with Crippen molar-refractivity contribution in [3.63, 3.8) is 0 Å². The Morgan fingerprint density at radius 3 is 2.93 bits per heavy atom. The number of thiol groups is 1. The molecule has 4 heteroatoms. The van der Waals surface area contributed by atoms with Gasteiger partial charge < -0.3 is 10.7 Å². The monoisotopic (exact) mass is 220 g/mol. The summed E-state index contributed by atoms with van der Waals surface area (Å²) in [4.78, 5) is 14.1. The molecule has 0 amide bonds. The smallest absolute Gasteiger partial charge is 0.202 e. The molecule has 3 N–H and O–H groups in total. The zero-order valence-electron chi connectivity index (χ0n) is 8.10. The first-order chi connectivity index (χ1) is 7.18. The number of H-pyrrole nitrogens is 1. The maximum Gasteiger partial charge on any atom is 0.202 e. The Bertz CT molecular complexity index is 492. The predicted molar refractivity (Wildman–Crippen MR) is 64.0 cm³/mol. The maximum atomic E-state index is 10.9. The van der Waals surface area contributed by atoms with Crippen molar-refractivity contribution in [2.45, 2.75) is 12.5 Å². The molecule has 0 bridgehead atoms. The van der Waals surface area contributed by atoms with Gasteiger partial charge in [-0.25, -0.2) is 0 Å². The van der Waals surface area contributed by atoms with Crippen LogP contribution in [0.25, 0.3) is 10.9 Å². The van der Waals surface area contributed by atoms with Crippen molar-refractivity contribution in [3.05, 3.63) is 36.0 Å². The van der Waals surface area contributed by atoms with Gasteiger partial charge in [-0.05, 0) is 18.1 Å². The number of nitrogens with two attached hydrogens (primary N) is 1. The average Bonchev–Trinajstić information content (AvgIpc) is 2.62. The summed E-state index contributed by atoms with van der Waals surface area (Å²) in [6.07, 6.45) is 2.41. The normalized spacial score (nSPS) is 12.9. The highest BCUT2D eigenvalue weighted by Crippen LogP contribution is 2.18. The molecule has 0 saturated carbocycles. The minimum atomic E-state index is -0.535. The lowest BCUT2D eigenvalue weighted by molar-refractivity contribution is -0.111. The topological polar surface area (TPSA) is 58.9 Å². The summed E-state index contributed by atoms with van der Waals surface area (Å²) >= 11 is 3.72. The highest BCUT2D eigenvalue weighted by atomic mass is 32.1. The number of hydrogen-bond acceptors (Lipinski definition) is 2. The Kier molecular flexibility index (Phi) is 2.79. The van der Waals surface area contributed by atoms with Crippen LogP contribution in [0.1, 0.15) is 5.56 Å². The molecule has 0 aliphatic heterocycles. The van der Waals surface area contributed by atoms with E-state index >= 15 is 0 Å². The number of hydrogen-bond donors (Lipinski definition) is 3. The molecule has 2 aromatic rings. The molecule has 1 atom stereocenters. The van der Waals surface area contributed by atoms with E-state index in [2.05, 4.69) is 17.6 Å². The van der Waals surface area contributed by atoms with E-state index in [9.17, 15) is 4.79 Å². The lowest BCUT2D eigenvalue weighted by Gasteiger charge is -2.05. The number of rotatable bonds is 3. The van der Waals surface area contributed by atoms with E-state index in [4.69, 9.17) is 5.73 Å². The molecule has 15 heavy (non-hydrogen) atoms. The van der Waals surface area contributed by atoms with Crippen LogP contribution >= 0.6 is 12.6 Å². The summed E-state index contributed by atoms with van der Waals surface area (Å²) in [5.74, 6) is 0. The van der Waals surface area contributed by atoms with Crippen molar-refractivity contribution in [2.24, 2.45) is 5.73 Å². The molecule has 0 saturated heterocycles. The standard InChI is InChI=1S/C11H12N2OS/c12-9(11(14)15)5-7-6-13-10-4-2-1-3-8(7)10/h1-4,6,9,13H,5,12H2,(H,14,15)/t9-/m1/s1. The summed E-state index contributed by atoms with van der Waals surface area (Å²) in [5.41, 5.74) is 7.78. The van der Waals surface area contributed by atoms with Crippen LogP contribution in [-0.2, 0) is 11.2 Å². The quantitative estimate of drug-likeness (QED) is 0.686. The fourth-order valence-corrected chi connectivity index (χ4v) is 1.72. The highest BCUT2D eigenvalue weighted by molar-refractivity contribution is 7.96. The second-order valence-electron chi connectivity index (χ2n) is 3.51. The summed E-state index contributed by atoms with van der Waals surface area (Å²) in [7, 11) is 0. The summed E-state index contributed by atoms with van der Waals surface area (Å²) in [6.45, 7) is 0. The van der Waals surface area contributed by atoms with Crippen LogP contribution < -0.4 is 5.73 Å². The zero-order valence-corrected chi connectivity index (χ0v) is 9.00. The maximum absolute atomic E-state index is 10.9. The van der Waals surface area contributed by atoms with Gasteiger partial charge in [-0.1, -0.05) is 18.2 Å². The molecule has 1 heterocycles. The molecule has 0 aliphatic rings. The van der Waals surface area contributed by atoms with Gasteiger partial charge in [-0.3, -0.25) is 4.79 Å². The van der Waals surface area contributed by atoms with Gasteiger partial charge in [0.1, 0.15) is 0 Å². The van der Waals surface area contributed by atoms with E-state index < -0.39 is 6.04 Å². The van der Waals surface area contributed by atoms with Gasteiger partial charge in [0.2, 0.25) is 5.12 Å². The molecule has 0 spiro atoms. The van der Waals surface area contributed by atoms with Crippen LogP contribution in [-0.4, -0.2) is 16.1 Å². The molecule has 78 valence electrons. The first-order valence-electron chi connectivity index (χ1n) is 4.72. The van der Waals surface area contributed by atoms with Gasteiger partial charge in [-0.15, -0.1) is 12.6 Å². The SMILES string of the molecule is N[C@H](Cc1c[nH]c2ccccc12)C(=O)S. The third kappa shape index (κ3) is 2.06. The molecule has 0 fully saturated rings. The van der Waals surface area contributed by atoms with Crippen LogP contribution in [0.2, 0.25) is 0 Å². The molecule has 0 aliphatic carbocycles. The molecule has 2 rings (SSSR count). The zero-order chi connectivity index (χ0) is 10.8. The predicted octanol–water partition coefficient (Wildman–Crippen LogP) is 1.49. The van der Waals surface area contributed by atoms with Gasteiger partial charge >= 0.3 is 0 Å². The van der Waals surface area contributed by atoms with Crippen LogP contribution in [0, 0.1) is 0 Å². The Morgan fingerprint density at radius 2 is 2.20 bits per heavy atom. The second kappa shape index (κ2) is 4.08. The summed E-state index contributed by atoms with van der Waals surface area (Å²) in [6, 6.07) is 7.40. The number of carbonyl (C=O) groups excluding carboxylic acids is 1. The number of carbonyl (C=O) groups is 1. The van der Waals surface area contributed by atoms with Gasteiger partial charge in [0.15, 0.2) is 0 Å². The summed E-state index contributed by atoms with van der Waals surface area (Å²) in [5, 5.41) is 0.836. The van der Waals surface area contributed by atoms with Gasteiger partial charge in [0, 0.05) is 17.1 Å². The van der Waals surface area contributed by atoms with E-state index in [-0.39, 0.29) is 5.12 Å². The number of aromatic amines is 1. The number of fused-ring (bicyclic) bond motifs is 1. The molecule has 0 unspecified atom stereocenters. The van der Waals surface area contributed by atoms with E-state index in [0.717, 1.165) is 16.5 Å². The fourth-order valence-electron chi connectivity index (χ4n) is 1.62. The Balaban J connectivity index is 2.32. The Morgan fingerprint density at radius 1 is 1.47 bits per heavy atom. The fraction of sp³-hybridized carbons (Fsp3) is 0.182. The lowest BCUT2D eigenvalue weighted by atomic mass is 10.1. The van der Waals surface area contributed by atoms with E-state index in [1.807, 2.05) is 30.5 Å². The van der Waals surface area contributed by atoms with Gasteiger partial charge in [0.05, 0.1) is 6.04 Å². The molecule has 1 aromatic heterocycles. The van der Waals surface area contributed by atoms with E-state index in [1.165, 1.54) is 0 Å². The molecule has 3 nitrogen and oxygen atoms in total. The van der Waals surface area contributed by atoms with Crippen molar-refractivity contribution in [3.8, 4) is 0 Å². The summed E-state index contributed by atoms with van der Waals surface area (Å²) < 4.78 is 0. The minimum Gasteiger partial charge on any atom is -0.361 e. The largest absolute Gasteiger partial charge is 0.361 e. The molecule has 1 aromatic carbocycles. The Labute approximate surface area is 93.1 Å². The van der Waals surface area contributed by atoms with Crippen molar-refractivity contribution >= 4 is 28.6 Å². The van der Waals surface area contributed by atoms with Crippen molar-refractivity contribution < 1.29 is 4.79 Å².